The van der Waals surface area contributed by atoms with Crippen LogP contribution in [-0.4, -0.2) is 34.4 Å². The van der Waals surface area contributed by atoms with E-state index in [-0.39, 0.29) is 11.0 Å². The van der Waals surface area contributed by atoms with E-state index in [4.69, 9.17) is 5.11 Å². The van der Waals surface area contributed by atoms with Crippen LogP contribution in [0.15, 0.2) is 24.3 Å². The van der Waals surface area contributed by atoms with Crippen molar-refractivity contribution in [2.45, 2.75) is 26.2 Å². The van der Waals surface area contributed by atoms with Crippen molar-refractivity contribution < 1.29 is 19.5 Å². The molecule has 118 valence electrons. The molecule has 0 aromatic heterocycles. The number of hydrogen-bond donors (Lipinski definition) is 2. The van der Waals surface area contributed by atoms with E-state index in [1.165, 1.54) is 12.5 Å². The van der Waals surface area contributed by atoms with Crippen molar-refractivity contribution in [1.82, 2.24) is 5.32 Å². The molecule has 1 aliphatic carbocycles. The van der Waals surface area contributed by atoms with Crippen LogP contribution in [-0.2, 0) is 27.2 Å². The smallest absolute Gasteiger partial charge is 0.322 e. The summed E-state index contributed by atoms with van der Waals surface area (Å²) in [6.45, 7) is 1.08. The quantitative estimate of drug-likeness (QED) is 0.861. The number of benzene rings is 1. The predicted octanol–water partition coefficient (Wildman–Crippen LogP) is 1.64. The fourth-order valence-corrected chi connectivity index (χ4v) is 3.62. The van der Waals surface area contributed by atoms with Crippen LogP contribution in [0.1, 0.15) is 24.5 Å². The van der Waals surface area contributed by atoms with Crippen molar-refractivity contribution in [3.63, 3.8) is 0 Å². The fourth-order valence-electron chi connectivity index (χ4n) is 2.77. The molecule has 5 nitrogen and oxygen atoms in total. The van der Waals surface area contributed by atoms with E-state index in [2.05, 4.69) is 5.32 Å². The third kappa shape index (κ3) is 3.88. The Morgan fingerprint density at radius 2 is 1.95 bits per heavy atom. The Morgan fingerprint density at radius 1 is 1.27 bits per heavy atom. The van der Waals surface area contributed by atoms with Crippen molar-refractivity contribution in [1.29, 1.82) is 0 Å². The molecule has 1 aliphatic rings. The normalized spacial score (nSPS) is 20.0. The molecule has 1 aromatic carbocycles. The number of aliphatic carboxylic acids is 1. The van der Waals surface area contributed by atoms with Crippen LogP contribution < -0.4 is 5.32 Å². The molecule has 1 atom stereocenters. The molecule has 1 amide bonds. The number of carbonyl (C=O) groups is 3. The van der Waals surface area contributed by atoms with Gasteiger partial charge in [0, 0.05) is 12.7 Å². The Morgan fingerprint density at radius 3 is 2.59 bits per heavy atom. The second-order valence-electron chi connectivity index (χ2n) is 5.58. The number of hydrogen-bond acceptors (Lipinski definition) is 4. The number of thioether (sulfide) groups is 1. The molecule has 0 heterocycles. The first-order chi connectivity index (χ1) is 10.4. The van der Waals surface area contributed by atoms with E-state index in [1.807, 2.05) is 24.3 Å². The molecule has 0 aliphatic heterocycles. The van der Waals surface area contributed by atoms with E-state index in [0.29, 0.717) is 18.6 Å². The SMILES string of the molecule is CC(=O)SCC1(C(=O)NCC(=O)O)CCc2ccccc2C1. The lowest BCUT2D eigenvalue weighted by molar-refractivity contribution is -0.140. The Bertz CT molecular complexity index is 602. The Hall–Kier alpha value is -1.82. The van der Waals surface area contributed by atoms with Crippen molar-refractivity contribution in [2.75, 3.05) is 12.3 Å². The van der Waals surface area contributed by atoms with Crippen molar-refractivity contribution in [2.24, 2.45) is 5.41 Å². The number of fused-ring (bicyclic) bond motifs is 1. The van der Waals surface area contributed by atoms with E-state index in [9.17, 15) is 14.4 Å². The highest BCUT2D eigenvalue weighted by Gasteiger charge is 2.41. The van der Waals surface area contributed by atoms with Gasteiger partial charge in [-0.05, 0) is 30.4 Å². The Balaban J connectivity index is 2.21. The maximum Gasteiger partial charge on any atom is 0.322 e. The van der Waals surface area contributed by atoms with Gasteiger partial charge in [0.1, 0.15) is 6.54 Å². The summed E-state index contributed by atoms with van der Waals surface area (Å²) in [5, 5.41) is 11.2. The first-order valence-corrected chi connectivity index (χ1v) is 8.12. The molecule has 0 saturated carbocycles. The van der Waals surface area contributed by atoms with Crippen molar-refractivity contribution in [3.05, 3.63) is 35.4 Å². The number of carbonyl (C=O) groups excluding carboxylic acids is 2. The summed E-state index contributed by atoms with van der Waals surface area (Å²) in [5.74, 6) is -0.973. The summed E-state index contributed by atoms with van der Waals surface area (Å²) >= 11 is 1.13. The minimum absolute atomic E-state index is 0.0377. The predicted molar refractivity (Wildman–Crippen MR) is 84.7 cm³/mol. The fraction of sp³-hybridized carbons (Fsp3) is 0.438. The van der Waals surface area contributed by atoms with E-state index < -0.39 is 17.9 Å². The second-order valence-corrected chi connectivity index (χ2v) is 6.73. The molecular weight excluding hydrogens is 302 g/mol. The van der Waals surface area contributed by atoms with Gasteiger partial charge in [-0.2, -0.15) is 0 Å². The molecule has 2 N–H and O–H groups in total. The van der Waals surface area contributed by atoms with Crippen LogP contribution in [0.25, 0.3) is 0 Å². The zero-order valence-corrected chi connectivity index (χ0v) is 13.2. The third-order valence-electron chi connectivity index (χ3n) is 3.95. The van der Waals surface area contributed by atoms with Gasteiger partial charge in [0.25, 0.3) is 0 Å². The largest absolute Gasteiger partial charge is 0.480 e. The third-order valence-corrected chi connectivity index (χ3v) is 5.06. The molecule has 1 aromatic rings. The first-order valence-electron chi connectivity index (χ1n) is 7.13. The summed E-state index contributed by atoms with van der Waals surface area (Å²) in [6, 6.07) is 7.95. The van der Waals surface area contributed by atoms with Crippen molar-refractivity contribution in [3.8, 4) is 0 Å². The number of carboxylic acid groups (broad SMARTS) is 1. The van der Waals surface area contributed by atoms with Crippen LogP contribution in [0.5, 0.6) is 0 Å². The zero-order valence-electron chi connectivity index (χ0n) is 12.4. The molecule has 0 saturated heterocycles. The van der Waals surface area contributed by atoms with E-state index in [0.717, 1.165) is 23.7 Å². The van der Waals surface area contributed by atoms with Gasteiger partial charge >= 0.3 is 5.97 Å². The van der Waals surface area contributed by atoms with Gasteiger partial charge in [0.05, 0.1) is 5.41 Å². The van der Waals surface area contributed by atoms with Gasteiger partial charge < -0.3 is 10.4 Å². The summed E-state index contributed by atoms with van der Waals surface area (Å²) in [4.78, 5) is 34.5. The number of carboxylic acids is 1. The monoisotopic (exact) mass is 321 g/mol. The lowest BCUT2D eigenvalue weighted by Crippen LogP contribution is -2.48. The van der Waals surface area contributed by atoms with E-state index >= 15 is 0 Å². The highest BCUT2D eigenvalue weighted by Crippen LogP contribution is 2.38. The molecule has 2 rings (SSSR count). The van der Waals surface area contributed by atoms with E-state index in [1.54, 1.807) is 0 Å². The molecule has 0 spiro atoms. The van der Waals surface area contributed by atoms with Crippen molar-refractivity contribution >= 4 is 28.8 Å². The number of amides is 1. The summed E-state index contributed by atoms with van der Waals surface area (Å²) in [5.41, 5.74) is 1.60. The molecular formula is C16H19NO4S. The molecule has 1 unspecified atom stereocenters. The number of rotatable bonds is 5. The van der Waals surface area contributed by atoms with Crippen LogP contribution in [0.2, 0.25) is 0 Å². The highest BCUT2D eigenvalue weighted by molar-refractivity contribution is 8.13. The van der Waals surface area contributed by atoms with Gasteiger partial charge in [-0.15, -0.1) is 0 Å². The summed E-state index contributed by atoms with van der Waals surface area (Å²) < 4.78 is 0. The minimum atomic E-state index is -1.07. The van der Waals surface area contributed by atoms with Crippen LogP contribution >= 0.6 is 11.8 Å². The van der Waals surface area contributed by atoms with Crippen LogP contribution in [0.4, 0.5) is 0 Å². The molecule has 6 heteroatoms. The number of aryl methyl sites for hydroxylation is 1. The van der Waals surface area contributed by atoms with Gasteiger partial charge in [-0.3, -0.25) is 14.4 Å². The average molecular weight is 321 g/mol. The first kappa shape index (κ1) is 16.5. The Labute approximate surface area is 133 Å². The molecule has 0 bridgehead atoms. The second kappa shape index (κ2) is 6.96. The number of nitrogens with one attached hydrogen (secondary N) is 1. The van der Waals surface area contributed by atoms with Crippen LogP contribution in [0, 0.1) is 5.41 Å². The van der Waals surface area contributed by atoms with Gasteiger partial charge in [0.2, 0.25) is 5.91 Å². The summed E-state index contributed by atoms with van der Waals surface area (Å²) in [6.07, 6.45) is 1.92. The minimum Gasteiger partial charge on any atom is -0.480 e. The van der Waals surface area contributed by atoms with Gasteiger partial charge in [-0.1, -0.05) is 36.0 Å². The standard InChI is InChI=1S/C16H19NO4S/c1-11(18)22-10-16(15(21)17-9-14(19)20)7-6-12-4-2-3-5-13(12)8-16/h2-5H,6-10H2,1H3,(H,17,21)(H,19,20). The highest BCUT2D eigenvalue weighted by atomic mass is 32.2. The van der Waals surface area contributed by atoms with Gasteiger partial charge in [0.15, 0.2) is 5.12 Å². The van der Waals surface area contributed by atoms with Gasteiger partial charge in [-0.25, -0.2) is 0 Å². The topological polar surface area (TPSA) is 83.5 Å². The lowest BCUT2D eigenvalue weighted by atomic mass is 9.72. The molecule has 0 fully saturated rings. The maximum atomic E-state index is 12.5. The lowest BCUT2D eigenvalue weighted by Gasteiger charge is -2.36. The maximum absolute atomic E-state index is 12.5. The zero-order chi connectivity index (χ0) is 16.2. The summed E-state index contributed by atoms with van der Waals surface area (Å²) in [7, 11) is 0. The average Bonchev–Trinajstić information content (AvgIpc) is 2.50. The Kier molecular flexibility index (Phi) is 5.24. The molecule has 22 heavy (non-hydrogen) atoms. The van der Waals surface area contributed by atoms with Crippen LogP contribution in [0.3, 0.4) is 0 Å². The molecule has 0 radical (unpaired) electrons.